The smallest absolute Gasteiger partial charge is 0.224 e. The van der Waals surface area contributed by atoms with E-state index in [1.54, 1.807) is 30.3 Å². The Labute approximate surface area is 128 Å². The van der Waals surface area contributed by atoms with Crippen molar-refractivity contribution in [3.63, 3.8) is 0 Å². The number of benzene rings is 1. The van der Waals surface area contributed by atoms with Crippen LogP contribution in [0.3, 0.4) is 0 Å². The minimum absolute atomic E-state index is 0.0336. The summed E-state index contributed by atoms with van der Waals surface area (Å²) in [6.45, 7) is 3.82. The van der Waals surface area contributed by atoms with Crippen molar-refractivity contribution in [2.45, 2.75) is 26.9 Å². The van der Waals surface area contributed by atoms with Gasteiger partial charge >= 0.3 is 0 Å². The van der Waals surface area contributed by atoms with Gasteiger partial charge in [-0.3, -0.25) is 4.79 Å². The summed E-state index contributed by atoms with van der Waals surface area (Å²) in [5, 5.41) is 12.4. The quantitative estimate of drug-likeness (QED) is 0.875. The van der Waals surface area contributed by atoms with E-state index < -0.39 is 0 Å². The third kappa shape index (κ3) is 4.09. The van der Waals surface area contributed by atoms with Gasteiger partial charge in [0.15, 0.2) is 0 Å². The van der Waals surface area contributed by atoms with E-state index in [4.69, 9.17) is 21.1 Å². The lowest BCUT2D eigenvalue weighted by atomic mass is 10.1. The Kier molecular flexibility index (Phi) is 5.04. The van der Waals surface area contributed by atoms with E-state index in [0.29, 0.717) is 40.1 Å². The van der Waals surface area contributed by atoms with Crippen molar-refractivity contribution < 1.29 is 14.3 Å². The molecule has 0 fully saturated rings. The number of nitrogens with one attached hydrogen (secondary N) is 1. The molecule has 0 spiro atoms. The normalized spacial score (nSPS) is 10.9. The van der Waals surface area contributed by atoms with E-state index in [0.717, 1.165) is 0 Å². The van der Waals surface area contributed by atoms with Crippen LogP contribution in [0.1, 0.15) is 26.0 Å². The van der Waals surface area contributed by atoms with Crippen LogP contribution in [0.15, 0.2) is 34.7 Å². The van der Waals surface area contributed by atoms with Crippen LogP contribution in [-0.2, 0) is 11.4 Å². The molecule has 0 bridgehead atoms. The zero-order valence-corrected chi connectivity index (χ0v) is 12.8. The molecule has 5 heteroatoms. The third-order valence-corrected chi connectivity index (χ3v) is 3.26. The SMILES string of the molecule is CC(C)CC(=O)Nc1ccc(Cl)c(-c2ccc(CO)o2)c1. The Hall–Kier alpha value is -1.78. The maximum atomic E-state index is 11.8. The standard InChI is InChI=1S/C16H18ClNO3/c1-10(2)7-16(20)18-11-3-5-14(17)13(8-11)15-6-4-12(9-19)21-15/h3-6,8,10,19H,7,9H2,1-2H3,(H,18,20). The first-order valence-corrected chi connectivity index (χ1v) is 7.16. The molecule has 1 heterocycles. The summed E-state index contributed by atoms with van der Waals surface area (Å²) in [4.78, 5) is 11.8. The molecule has 21 heavy (non-hydrogen) atoms. The van der Waals surface area contributed by atoms with Crippen molar-refractivity contribution in [3.05, 3.63) is 41.1 Å². The fourth-order valence-electron chi connectivity index (χ4n) is 1.98. The highest BCUT2D eigenvalue weighted by atomic mass is 35.5. The van der Waals surface area contributed by atoms with Crippen LogP contribution in [0.4, 0.5) is 5.69 Å². The second-order valence-electron chi connectivity index (χ2n) is 5.26. The maximum absolute atomic E-state index is 11.8. The van der Waals surface area contributed by atoms with Gasteiger partial charge in [-0.25, -0.2) is 0 Å². The van der Waals surface area contributed by atoms with Crippen molar-refractivity contribution in [3.8, 4) is 11.3 Å². The molecule has 112 valence electrons. The third-order valence-electron chi connectivity index (χ3n) is 2.93. The monoisotopic (exact) mass is 307 g/mol. The predicted octanol–water partition coefficient (Wildman–Crippen LogP) is 4.08. The molecule has 4 nitrogen and oxygen atoms in total. The number of hydrogen-bond donors (Lipinski definition) is 2. The molecule has 1 aromatic heterocycles. The van der Waals surface area contributed by atoms with Gasteiger partial charge in [-0.1, -0.05) is 25.4 Å². The number of carbonyl (C=O) groups is 1. The molecule has 0 aliphatic rings. The number of carbonyl (C=O) groups excluding carboxylic acids is 1. The van der Waals surface area contributed by atoms with Gasteiger partial charge in [0.1, 0.15) is 18.1 Å². The second kappa shape index (κ2) is 6.78. The average molecular weight is 308 g/mol. The molecule has 0 aliphatic carbocycles. The van der Waals surface area contributed by atoms with Crippen molar-refractivity contribution in [1.29, 1.82) is 0 Å². The van der Waals surface area contributed by atoms with Gasteiger partial charge < -0.3 is 14.8 Å². The molecule has 1 aromatic carbocycles. The van der Waals surface area contributed by atoms with Crippen LogP contribution < -0.4 is 5.32 Å². The number of hydrogen-bond acceptors (Lipinski definition) is 3. The lowest BCUT2D eigenvalue weighted by Gasteiger charge is -2.09. The van der Waals surface area contributed by atoms with Crippen molar-refractivity contribution >= 4 is 23.2 Å². The molecular weight excluding hydrogens is 290 g/mol. The van der Waals surface area contributed by atoms with Crippen LogP contribution in [0.2, 0.25) is 5.02 Å². The highest BCUT2D eigenvalue weighted by Crippen LogP contribution is 2.32. The maximum Gasteiger partial charge on any atom is 0.224 e. The molecule has 2 aromatic rings. The molecular formula is C16H18ClNO3. The first-order chi connectivity index (χ1) is 9.99. The Morgan fingerprint density at radius 2 is 2.10 bits per heavy atom. The molecule has 0 saturated heterocycles. The van der Waals surface area contributed by atoms with E-state index in [1.165, 1.54) is 0 Å². The largest absolute Gasteiger partial charge is 0.459 e. The number of aliphatic hydroxyl groups is 1. The summed E-state index contributed by atoms with van der Waals surface area (Å²) < 4.78 is 5.48. The van der Waals surface area contributed by atoms with Crippen molar-refractivity contribution in [1.82, 2.24) is 0 Å². The summed E-state index contributed by atoms with van der Waals surface area (Å²) >= 11 is 6.17. The van der Waals surface area contributed by atoms with Crippen molar-refractivity contribution in [2.75, 3.05) is 5.32 Å². The molecule has 0 atom stereocenters. The number of halogens is 1. The molecule has 1 amide bonds. The fourth-order valence-corrected chi connectivity index (χ4v) is 2.19. The molecule has 0 aliphatic heterocycles. The van der Waals surface area contributed by atoms with Crippen LogP contribution >= 0.6 is 11.6 Å². The first-order valence-electron chi connectivity index (χ1n) is 6.79. The van der Waals surface area contributed by atoms with Gasteiger partial charge in [0.05, 0.1) is 5.02 Å². The van der Waals surface area contributed by atoms with Gasteiger partial charge in [-0.15, -0.1) is 0 Å². The van der Waals surface area contributed by atoms with E-state index in [9.17, 15) is 4.79 Å². The summed E-state index contributed by atoms with van der Waals surface area (Å²) in [5.74, 6) is 1.29. The highest BCUT2D eigenvalue weighted by Gasteiger charge is 2.11. The average Bonchev–Trinajstić information content (AvgIpc) is 2.88. The van der Waals surface area contributed by atoms with Gasteiger partial charge in [0, 0.05) is 17.7 Å². The fraction of sp³-hybridized carbons (Fsp3) is 0.312. The number of rotatable bonds is 5. The minimum Gasteiger partial charge on any atom is -0.459 e. The minimum atomic E-state index is -0.164. The van der Waals surface area contributed by atoms with Crippen LogP contribution in [0.25, 0.3) is 11.3 Å². The Morgan fingerprint density at radius 3 is 2.71 bits per heavy atom. The van der Waals surface area contributed by atoms with Crippen LogP contribution in [0.5, 0.6) is 0 Å². The van der Waals surface area contributed by atoms with Gasteiger partial charge in [-0.2, -0.15) is 0 Å². The summed E-state index contributed by atoms with van der Waals surface area (Å²) in [5.41, 5.74) is 1.35. The topological polar surface area (TPSA) is 62.5 Å². The number of furan rings is 1. The second-order valence-corrected chi connectivity index (χ2v) is 5.67. The van der Waals surface area contributed by atoms with E-state index >= 15 is 0 Å². The van der Waals surface area contributed by atoms with Crippen molar-refractivity contribution in [2.24, 2.45) is 5.92 Å². The first kappa shape index (κ1) is 15.6. The zero-order chi connectivity index (χ0) is 15.4. The predicted molar refractivity (Wildman–Crippen MR) is 83.2 cm³/mol. The van der Waals surface area contributed by atoms with E-state index in [1.807, 2.05) is 13.8 Å². The van der Waals surface area contributed by atoms with Gasteiger partial charge in [-0.05, 0) is 36.2 Å². The number of aliphatic hydroxyl groups excluding tert-OH is 1. The molecule has 0 saturated carbocycles. The van der Waals surface area contributed by atoms with E-state index in [-0.39, 0.29) is 12.5 Å². The van der Waals surface area contributed by atoms with Gasteiger partial charge in [0.25, 0.3) is 0 Å². The van der Waals surface area contributed by atoms with Crippen LogP contribution in [-0.4, -0.2) is 11.0 Å². The van der Waals surface area contributed by atoms with E-state index in [2.05, 4.69) is 5.32 Å². The summed E-state index contributed by atoms with van der Waals surface area (Å²) in [6.07, 6.45) is 0.466. The Balaban J connectivity index is 2.23. The number of anilines is 1. The summed E-state index contributed by atoms with van der Waals surface area (Å²) in [6, 6.07) is 8.66. The van der Waals surface area contributed by atoms with Gasteiger partial charge in [0.2, 0.25) is 5.91 Å². The molecule has 2 N–H and O–H groups in total. The Bertz CT molecular complexity index is 634. The molecule has 2 rings (SSSR count). The lowest BCUT2D eigenvalue weighted by molar-refractivity contribution is -0.116. The zero-order valence-electron chi connectivity index (χ0n) is 12.0. The Morgan fingerprint density at radius 1 is 1.33 bits per heavy atom. The summed E-state index contributed by atoms with van der Waals surface area (Å²) in [7, 11) is 0. The lowest BCUT2D eigenvalue weighted by Crippen LogP contribution is -2.13. The molecule has 0 unspecified atom stereocenters. The molecule has 0 radical (unpaired) electrons. The number of amides is 1. The highest BCUT2D eigenvalue weighted by molar-refractivity contribution is 6.33. The van der Waals surface area contributed by atoms with Crippen LogP contribution in [0, 0.1) is 5.92 Å².